The fourth-order valence-electron chi connectivity index (χ4n) is 1.84. The third kappa shape index (κ3) is 3.18. The zero-order valence-electron chi connectivity index (χ0n) is 11.7. The van der Waals surface area contributed by atoms with E-state index in [2.05, 4.69) is 0 Å². The van der Waals surface area contributed by atoms with E-state index in [0.29, 0.717) is 11.3 Å². The lowest BCUT2D eigenvalue weighted by Gasteiger charge is -2.13. The van der Waals surface area contributed by atoms with Crippen molar-refractivity contribution in [1.82, 2.24) is 0 Å². The number of phenols is 1. The molecule has 0 aliphatic rings. The Hall–Kier alpha value is -2.29. The Balaban J connectivity index is 2.24. The van der Waals surface area contributed by atoms with E-state index in [-0.39, 0.29) is 23.2 Å². The molecule has 0 fully saturated rings. The van der Waals surface area contributed by atoms with Gasteiger partial charge in [0.2, 0.25) is 0 Å². The molecule has 0 amide bonds. The number of rotatable bonds is 5. The summed E-state index contributed by atoms with van der Waals surface area (Å²) in [5.41, 5.74) is 0.839. The molecule has 2 aromatic rings. The lowest BCUT2D eigenvalue weighted by molar-refractivity contribution is 0.103. The van der Waals surface area contributed by atoms with Gasteiger partial charge in [-0.25, -0.2) is 0 Å². The van der Waals surface area contributed by atoms with Gasteiger partial charge < -0.3 is 9.84 Å². The van der Waals surface area contributed by atoms with Crippen molar-refractivity contribution in [2.24, 2.45) is 0 Å². The summed E-state index contributed by atoms with van der Waals surface area (Å²) in [5.74, 6) is 0.319. The Morgan fingerprint density at radius 3 is 2.50 bits per heavy atom. The monoisotopic (exact) mass is 270 g/mol. The Labute approximate surface area is 118 Å². The predicted octanol–water partition coefficient (Wildman–Crippen LogP) is 3.80. The molecular formula is C17H18O3. The number of carbonyl (C=O) groups excluding carboxylic acids is 1. The summed E-state index contributed by atoms with van der Waals surface area (Å²) in [7, 11) is 0. The smallest absolute Gasteiger partial charge is 0.196 e. The van der Waals surface area contributed by atoms with Gasteiger partial charge in [-0.05, 0) is 25.5 Å². The maximum Gasteiger partial charge on any atom is 0.196 e. The van der Waals surface area contributed by atoms with E-state index in [4.69, 9.17) is 4.74 Å². The quantitative estimate of drug-likeness (QED) is 0.840. The van der Waals surface area contributed by atoms with Gasteiger partial charge in [0.15, 0.2) is 5.78 Å². The summed E-state index contributed by atoms with van der Waals surface area (Å²) >= 11 is 0. The largest absolute Gasteiger partial charge is 0.507 e. The van der Waals surface area contributed by atoms with Crippen molar-refractivity contribution in [3.63, 3.8) is 0 Å². The summed E-state index contributed by atoms with van der Waals surface area (Å²) in [4.78, 5) is 12.3. The van der Waals surface area contributed by atoms with Crippen LogP contribution in [0.1, 0.15) is 36.2 Å². The third-order valence-corrected chi connectivity index (χ3v) is 3.16. The van der Waals surface area contributed by atoms with Crippen molar-refractivity contribution in [2.75, 3.05) is 0 Å². The average Bonchev–Trinajstić information content (AvgIpc) is 2.47. The number of ether oxygens (including phenoxy) is 1. The highest BCUT2D eigenvalue weighted by Gasteiger charge is 2.14. The second kappa shape index (κ2) is 6.24. The molecule has 3 heteroatoms. The molecule has 2 aromatic carbocycles. The van der Waals surface area contributed by atoms with E-state index in [9.17, 15) is 9.90 Å². The summed E-state index contributed by atoms with van der Waals surface area (Å²) < 4.78 is 5.61. The Morgan fingerprint density at radius 2 is 1.90 bits per heavy atom. The fourth-order valence-corrected chi connectivity index (χ4v) is 1.84. The van der Waals surface area contributed by atoms with Crippen LogP contribution < -0.4 is 4.74 Å². The number of carbonyl (C=O) groups is 1. The van der Waals surface area contributed by atoms with Crippen molar-refractivity contribution in [2.45, 2.75) is 26.4 Å². The fraction of sp³-hybridized carbons (Fsp3) is 0.235. The zero-order chi connectivity index (χ0) is 14.5. The number of aromatic hydroxyl groups is 1. The first kappa shape index (κ1) is 14.1. The molecule has 0 aliphatic carbocycles. The topological polar surface area (TPSA) is 46.5 Å². The van der Waals surface area contributed by atoms with Crippen LogP contribution in [-0.2, 0) is 0 Å². The summed E-state index contributed by atoms with van der Waals surface area (Å²) in [5, 5.41) is 10.0. The highest BCUT2D eigenvalue weighted by atomic mass is 16.5. The van der Waals surface area contributed by atoms with Crippen LogP contribution in [0.25, 0.3) is 0 Å². The van der Waals surface area contributed by atoms with Gasteiger partial charge in [0.05, 0.1) is 11.7 Å². The molecule has 0 radical (unpaired) electrons. The first-order chi connectivity index (χ1) is 9.61. The molecule has 0 spiro atoms. The van der Waals surface area contributed by atoms with Crippen LogP contribution >= 0.6 is 0 Å². The lowest BCUT2D eigenvalue weighted by atomic mass is 10.0. The number of hydrogen-bond donors (Lipinski definition) is 1. The van der Waals surface area contributed by atoms with Gasteiger partial charge in [0, 0.05) is 11.6 Å². The maximum atomic E-state index is 12.3. The highest BCUT2D eigenvalue weighted by molar-refractivity contribution is 6.10. The molecule has 1 N–H and O–H groups in total. The number of hydrogen-bond acceptors (Lipinski definition) is 3. The molecule has 1 atom stereocenters. The van der Waals surface area contributed by atoms with Crippen LogP contribution in [0.2, 0.25) is 0 Å². The van der Waals surface area contributed by atoms with Gasteiger partial charge in [0.1, 0.15) is 11.5 Å². The van der Waals surface area contributed by atoms with Crippen molar-refractivity contribution >= 4 is 5.78 Å². The van der Waals surface area contributed by atoms with E-state index in [1.54, 1.807) is 36.4 Å². The summed E-state index contributed by atoms with van der Waals surface area (Å²) in [6.45, 7) is 3.98. The Kier molecular flexibility index (Phi) is 4.41. The van der Waals surface area contributed by atoms with Crippen molar-refractivity contribution < 1.29 is 14.6 Å². The van der Waals surface area contributed by atoms with Crippen LogP contribution in [-0.4, -0.2) is 17.0 Å². The molecule has 0 aliphatic heterocycles. The normalized spacial score (nSPS) is 11.9. The van der Waals surface area contributed by atoms with Crippen LogP contribution in [0.3, 0.4) is 0 Å². The first-order valence-corrected chi connectivity index (χ1v) is 6.71. The molecule has 0 saturated carbocycles. The van der Waals surface area contributed by atoms with E-state index < -0.39 is 0 Å². The molecule has 104 valence electrons. The van der Waals surface area contributed by atoms with Crippen LogP contribution in [0.5, 0.6) is 11.5 Å². The van der Waals surface area contributed by atoms with Crippen molar-refractivity contribution in [1.29, 1.82) is 0 Å². The molecule has 1 unspecified atom stereocenters. The van der Waals surface area contributed by atoms with Crippen molar-refractivity contribution in [3.8, 4) is 11.5 Å². The van der Waals surface area contributed by atoms with Gasteiger partial charge in [-0.2, -0.15) is 0 Å². The predicted molar refractivity (Wildman–Crippen MR) is 78.4 cm³/mol. The SMILES string of the molecule is CCC(C)Oc1ccc(C(=O)c2ccccc2)c(O)c1. The summed E-state index contributed by atoms with van der Waals surface area (Å²) in [6, 6.07) is 13.7. The van der Waals surface area contributed by atoms with Gasteiger partial charge in [-0.1, -0.05) is 37.3 Å². The highest BCUT2D eigenvalue weighted by Crippen LogP contribution is 2.26. The molecule has 0 heterocycles. The first-order valence-electron chi connectivity index (χ1n) is 6.71. The van der Waals surface area contributed by atoms with Crippen LogP contribution in [0.15, 0.2) is 48.5 Å². The van der Waals surface area contributed by atoms with Gasteiger partial charge >= 0.3 is 0 Å². The second-order valence-corrected chi connectivity index (χ2v) is 4.71. The maximum absolute atomic E-state index is 12.3. The second-order valence-electron chi connectivity index (χ2n) is 4.71. The van der Waals surface area contributed by atoms with E-state index in [0.717, 1.165) is 6.42 Å². The molecule has 0 bridgehead atoms. The minimum atomic E-state index is -0.196. The Bertz CT molecular complexity index is 590. The zero-order valence-corrected chi connectivity index (χ0v) is 11.7. The minimum Gasteiger partial charge on any atom is -0.507 e. The Morgan fingerprint density at radius 1 is 1.20 bits per heavy atom. The number of ketones is 1. The summed E-state index contributed by atoms with van der Waals surface area (Å²) in [6.07, 6.45) is 0.955. The van der Waals surface area contributed by atoms with Crippen LogP contribution in [0.4, 0.5) is 0 Å². The van der Waals surface area contributed by atoms with E-state index in [1.165, 1.54) is 6.07 Å². The van der Waals surface area contributed by atoms with Gasteiger partial charge in [-0.3, -0.25) is 4.79 Å². The minimum absolute atomic E-state index is 0.0559. The molecule has 0 aromatic heterocycles. The standard InChI is InChI=1S/C17H18O3/c1-3-12(2)20-14-9-10-15(16(18)11-14)17(19)13-7-5-4-6-8-13/h4-12,18H,3H2,1-2H3. The molecule has 3 nitrogen and oxygen atoms in total. The van der Waals surface area contributed by atoms with Crippen molar-refractivity contribution in [3.05, 3.63) is 59.7 Å². The molecule has 2 rings (SSSR count). The van der Waals surface area contributed by atoms with Gasteiger partial charge in [0.25, 0.3) is 0 Å². The lowest BCUT2D eigenvalue weighted by Crippen LogP contribution is -2.10. The van der Waals surface area contributed by atoms with E-state index >= 15 is 0 Å². The van der Waals surface area contributed by atoms with Gasteiger partial charge in [-0.15, -0.1) is 0 Å². The van der Waals surface area contributed by atoms with E-state index in [1.807, 2.05) is 19.9 Å². The number of phenolic OH excluding ortho intramolecular Hbond substituents is 1. The average molecular weight is 270 g/mol. The molecular weight excluding hydrogens is 252 g/mol. The third-order valence-electron chi connectivity index (χ3n) is 3.16. The molecule has 20 heavy (non-hydrogen) atoms. The number of benzene rings is 2. The van der Waals surface area contributed by atoms with Crippen LogP contribution in [0, 0.1) is 0 Å². The molecule has 0 saturated heterocycles.